The number of hydrogen-bond donors (Lipinski definition) is 1. The van der Waals surface area contributed by atoms with E-state index in [-0.39, 0.29) is 5.91 Å². The van der Waals surface area contributed by atoms with Gasteiger partial charge in [-0.2, -0.15) is 5.10 Å². The van der Waals surface area contributed by atoms with Crippen LogP contribution in [0, 0.1) is 5.92 Å². The molecule has 1 N–H and O–H groups in total. The van der Waals surface area contributed by atoms with Crippen molar-refractivity contribution in [2.24, 2.45) is 5.92 Å². The van der Waals surface area contributed by atoms with Gasteiger partial charge in [0.25, 0.3) is 0 Å². The molecule has 3 heterocycles. The average Bonchev–Trinajstić information content (AvgIpc) is 3.06. The fraction of sp³-hybridized carbons (Fsp3) is 0.765. The molecule has 5 heteroatoms. The minimum Gasteiger partial charge on any atom is -0.356 e. The van der Waals surface area contributed by atoms with E-state index in [4.69, 9.17) is 0 Å². The Bertz CT molecular complexity index is 457. The van der Waals surface area contributed by atoms with Crippen molar-refractivity contribution in [1.29, 1.82) is 0 Å². The van der Waals surface area contributed by atoms with Crippen molar-refractivity contribution >= 4 is 5.91 Å². The van der Waals surface area contributed by atoms with Gasteiger partial charge in [-0.3, -0.25) is 9.48 Å². The number of carbonyl (C=O) groups is 1. The SMILES string of the molecule is O=C(CCCn1cccn1)NCC1CCCN2CCCCC12. The van der Waals surface area contributed by atoms with Gasteiger partial charge in [0, 0.05) is 37.9 Å². The Morgan fingerprint density at radius 3 is 3.00 bits per heavy atom. The molecular formula is C17H28N4O. The van der Waals surface area contributed by atoms with Gasteiger partial charge < -0.3 is 10.2 Å². The van der Waals surface area contributed by atoms with Crippen LogP contribution in [0.4, 0.5) is 0 Å². The van der Waals surface area contributed by atoms with Crippen molar-refractivity contribution in [2.75, 3.05) is 19.6 Å². The Morgan fingerprint density at radius 2 is 2.14 bits per heavy atom. The number of carbonyl (C=O) groups excluding carboxylic acids is 1. The third-order valence-electron chi connectivity index (χ3n) is 5.14. The maximum absolute atomic E-state index is 12.0. The van der Waals surface area contributed by atoms with Crippen molar-refractivity contribution < 1.29 is 4.79 Å². The fourth-order valence-corrected chi connectivity index (χ4v) is 3.98. The lowest BCUT2D eigenvalue weighted by atomic mass is 9.83. The number of aryl methyl sites for hydroxylation is 1. The molecule has 0 aliphatic carbocycles. The summed E-state index contributed by atoms with van der Waals surface area (Å²) in [5, 5.41) is 7.33. The van der Waals surface area contributed by atoms with E-state index in [0.717, 1.165) is 19.5 Å². The molecule has 2 fully saturated rings. The van der Waals surface area contributed by atoms with Crippen molar-refractivity contribution in [2.45, 2.75) is 57.5 Å². The summed E-state index contributed by atoms with van der Waals surface area (Å²) in [6.45, 7) is 4.21. The van der Waals surface area contributed by atoms with Crippen LogP contribution in [0.2, 0.25) is 0 Å². The second-order valence-corrected chi connectivity index (χ2v) is 6.68. The predicted molar refractivity (Wildman–Crippen MR) is 86.4 cm³/mol. The highest BCUT2D eigenvalue weighted by atomic mass is 16.1. The standard InChI is InChI=1S/C17H28N4O/c22-17(8-4-12-21-13-5-9-19-21)18-14-15-6-3-11-20-10-2-1-7-16(15)20/h5,9,13,15-16H,1-4,6-8,10-12,14H2,(H,18,22). The number of fused-ring (bicyclic) bond motifs is 1. The molecule has 0 radical (unpaired) electrons. The van der Waals surface area contributed by atoms with Gasteiger partial charge in [0.05, 0.1) is 0 Å². The molecule has 0 bridgehead atoms. The van der Waals surface area contributed by atoms with Gasteiger partial charge in [-0.1, -0.05) is 6.42 Å². The number of aromatic nitrogens is 2. The first-order valence-corrected chi connectivity index (χ1v) is 8.81. The van der Waals surface area contributed by atoms with E-state index < -0.39 is 0 Å². The van der Waals surface area contributed by atoms with Crippen molar-refractivity contribution in [3.05, 3.63) is 18.5 Å². The highest BCUT2D eigenvalue weighted by molar-refractivity contribution is 5.75. The van der Waals surface area contributed by atoms with Gasteiger partial charge in [-0.25, -0.2) is 0 Å². The summed E-state index contributed by atoms with van der Waals surface area (Å²) in [4.78, 5) is 14.7. The maximum atomic E-state index is 12.0. The molecule has 0 saturated carbocycles. The number of nitrogens with one attached hydrogen (secondary N) is 1. The molecule has 2 saturated heterocycles. The topological polar surface area (TPSA) is 50.2 Å². The third kappa shape index (κ3) is 4.09. The lowest BCUT2D eigenvalue weighted by Crippen LogP contribution is -2.50. The second kappa shape index (κ2) is 7.77. The molecule has 2 aliphatic heterocycles. The quantitative estimate of drug-likeness (QED) is 0.875. The summed E-state index contributed by atoms with van der Waals surface area (Å²) >= 11 is 0. The highest BCUT2D eigenvalue weighted by Gasteiger charge is 2.32. The normalized spacial score (nSPS) is 25.6. The number of hydrogen-bond acceptors (Lipinski definition) is 3. The lowest BCUT2D eigenvalue weighted by molar-refractivity contribution is -0.121. The van der Waals surface area contributed by atoms with Crippen LogP contribution in [0.5, 0.6) is 0 Å². The number of amides is 1. The van der Waals surface area contributed by atoms with Crippen molar-refractivity contribution in [3.8, 4) is 0 Å². The minimum absolute atomic E-state index is 0.195. The van der Waals surface area contributed by atoms with Crippen LogP contribution in [0.1, 0.15) is 44.9 Å². The minimum atomic E-state index is 0.195. The zero-order valence-electron chi connectivity index (χ0n) is 13.4. The van der Waals surface area contributed by atoms with E-state index >= 15 is 0 Å². The van der Waals surface area contributed by atoms with Crippen molar-refractivity contribution in [1.82, 2.24) is 20.0 Å². The Balaban J connectivity index is 1.36. The fourth-order valence-electron chi connectivity index (χ4n) is 3.98. The van der Waals surface area contributed by atoms with Crippen molar-refractivity contribution in [3.63, 3.8) is 0 Å². The number of nitrogens with zero attached hydrogens (tertiary/aromatic N) is 3. The largest absolute Gasteiger partial charge is 0.356 e. The Morgan fingerprint density at radius 1 is 1.23 bits per heavy atom. The Hall–Kier alpha value is -1.36. The first-order chi connectivity index (χ1) is 10.8. The molecule has 2 aliphatic rings. The van der Waals surface area contributed by atoms with Gasteiger partial charge in [0.2, 0.25) is 5.91 Å². The summed E-state index contributed by atoms with van der Waals surface area (Å²) in [5.74, 6) is 0.851. The third-order valence-corrected chi connectivity index (χ3v) is 5.14. The van der Waals surface area contributed by atoms with Crippen LogP contribution in [0.25, 0.3) is 0 Å². The summed E-state index contributed by atoms with van der Waals surface area (Å²) < 4.78 is 1.88. The van der Waals surface area contributed by atoms with Crippen LogP contribution >= 0.6 is 0 Å². The number of piperidine rings is 2. The lowest BCUT2D eigenvalue weighted by Gasteiger charge is -2.44. The molecule has 2 unspecified atom stereocenters. The van der Waals surface area contributed by atoms with Gasteiger partial charge >= 0.3 is 0 Å². The zero-order valence-corrected chi connectivity index (χ0v) is 13.4. The van der Waals surface area contributed by atoms with Gasteiger partial charge in [0.1, 0.15) is 0 Å². The molecule has 122 valence electrons. The first-order valence-electron chi connectivity index (χ1n) is 8.81. The van der Waals surface area contributed by atoms with Crippen LogP contribution in [0.15, 0.2) is 18.5 Å². The summed E-state index contributed by atoms with van der Waals surface area (Å²) in [7, 11) is 0. The van der Waals surface area contributed by atoms with Gasteiger partial charge in [0.15, 0.2) is 0 Å². The molecule has 2 atom stereocenters. The van der Waals surface area contributed by atoms with Gasteiger partial charge in [-0.05, 0) is 57.2 Å². The maximum Gasteiger partial charge on any atom is 0.220 e. The van der Waals surface area contributed by atoms with E-state index in [0.29, 0.717) is 18.4 Å². The average molecular weight is 304 g/mol. The smallest absolute Gasteiger partial charge is 0.220 e. The van der Waals surface area contributed by atoms with E-state index in [1.807, 2.05) is 16.9 Å². The molecule has 0 aromatic carbocycles. The molecule has 1 amide bonds. The second-order valence-electron chi connectivity index (χ2n) is 6.68. The summed E-state index contributed by atoms with van der Waals surface area (Å²) in [6.07, 6.45) is 11.8. The monoisotopic (exact) mass is 304 g/mol. The van der Waals surface area contributed by atoms with Gasteiger partial charge in [-0.15, -0.1) is 0 Å². The Kier molecular flexibility index (Phi) is 5.48. The van der Waals surface area contributed by atoms with Crippen LogP contribution in [-0.2, 0) is 11.3 Å². The van der Waals surface area contributed by atoms with E-state index in [9.17, 15) is 4.79 Å². The molecule has 1 aromatic rings. The predicted octanol–water partition coefficient (Wildman–Crippen LogP) is 2.04. The zero-order chi connectivity index (χ0) is 15.2. The van der Waals surface area contributed by atoms with Crippen LogP contribution < -0.4 is 5.32 Å². The molecule has 1 aromatic heterocycles. The van der Waals surface area contributed by atoms with E-state index in [1.54, 1.807) is 6.20 Å². The van der Waals surface area contributed by atoms with E-state index in [1.165, 1.54) is 45.2 Å². The highest BCUT2D eigenvalue weighted by Crippen LogP contribution is 2.30. The summed E-state index contributed by atoms with van der Waals surface area (Å²) in [6, 6.07) is 2.63. The van der Waals surface area contributed by atoms with Crippen LogP contribution in [-0.4, -0.2) is 46.3 Å². The molecule has 3 rings (SSSR count). The molecular weight excluding hydrogens is 276 g/mol. The van der Waals surface area contributed by atoms with Crippen LogP contribution in [0.3, 0.4) is 0 Å². The van der Waals surface area contributed by atoms with E-state index in [2.05, 4.69) is 15.3 Å². The summed E-state index contributed by atoms with van der Waals surface area (Å²) in [5.41, 5.74) is 0. The first kappa shape index (κ1) is 15.5. The number of rotatable bonds is 6. The molecule has 22 heavy (non-hydrogen) atoms. The molecule has 5 nitrogen and oxygen atoms in total. The Labute approximate surface area is 133 Å². The molecule has 0 spiro atoms.